The highest BCUT2D eigenvalue weighted by Gasteiger charge is 2.49. The maximum absolute atomic E-state index is 13.4. The number of benzene rings is 1. The van der Waals surface area contributed by atoms with Gasteiger partial charge in [-0.25, -0.2) is 18.7 Å². The molecule has 0 aliphatic carbocycles. The van der Waals surface area contributed by atoms with Crippen molar-refractivity contribution in [1.29, 1.82) is 0 Å². The average Bonchev–Trinajstić information content (AvgIpc) is 2.92. The molecule has 7 heteroatoms. The highest BCUT2D eigenvalue weighted by molar-refractivity contribution is 5.85. The van der Waals surface area contributed by atoms with Gasteiger partial charge in [-0.2, -0.15) is 0 Å². The number of nitrogens with zero attached hydrogens (tertiary/aromatic N) is 4. The molecule has 1 aromatic carbocycles. The van der Waals surface area contributed by atoms with Crippen molar-refractivity contribution in [3.8, 4) is 0 Å². The zero-order chi connectivity index (χ0) is 18.1. The van der Waals surface area contributed by atoms with E-state index in [1.807, 2.05) is 15.9 Å². The SMILES string of the molecule is O=C1N(Cc2cccc(F)c2)CC[C@@]12CCCN(c1ncc(F)cn1)C2. The Morgan fingerprint density at radius 2 is 1.88 bits per heavy atom. The number of amides is 1. The number of hydrogen-bond donors (Lipinski definition) is 0. The van der Waals surface area contributed by atoms with Gasteiger partial charge in [0.2, 0.25) is 11.9 Å². The summed E-state index contributed by atoms with van der Waals surface area (Å²) in [5.41, 5.74) is 0.341. The van der Waals surface area contributed by atoms with Gasteiger partial charge in [0.25, 0.3) is 0 Å². The Hall–Kier alpha value is -2.57. The predicted octanol–water partition coefficient (Wildman–Crippen LogP) is 2.77. The van der Waals surface area contributed by atoms with Crippen molar-refractivity contribution in [1.82, 2.24) is 14.9 Å². The summed E-state index contributed by atoms with van der Waals surface area (Å²) in [6.45, 7) is 2.38. The maximum atomic E-state index is 13.4. The first-order chi connectivity index (χ1) is 12.6. The lowest BCUT2D eigenvalue weighted by atomic mass is 9.78. The molecule has 2 aliphatic rings. The van der Waals surface area contributed by atoms with Crippen LogP contribution in [0.15, 0.2) is 36.7 Å². The van der Waals surface area contributed by atoms with Crippen molar-refractivity contribution < 1.29 is 13.6 Å². The molecule has 5 nitrogen and oxygen atoms in total. The molecule has 0 radical (unpaired) electrons. The second-order valence-corrected chi connectivity index (χ2v) is 7.11. The number of likely N-dealkylation sites (tertiary alicyclic amines) is 1. The molecule has 2 aromatic rings. The monoisotopic (exact) mass is 358 g/mol. The molecule has 136 valence electrons. The summed E-state index contributed by atoms with van der Waals surface area (Å²) in [6, 6.07) is 6.37. The van der Waals surface area contributed by atoms with E-state index in [1.165, 1.54) is 12.1 Å². The summed E-state index contributed by atoms with van der Waals surface area (Å²) in [7, 11) is 0. The van der Waals surface area contributed by atoms with Gasteiger partial charge in [0.15, 0.2) is 5.82 Å². The number of rotatable bonds is 3. The van der Waals surface area contributed by atoms with Gasteiger partial charge in [-0.1, -0.05) is 12.1 Å². The Balaban J connectivity index is 1.49. The Kier molecular flexibility index (Phi) is 4.30. The van der Waals surface area contributed by atoms with Gasteiger partial charge in [0.05, 0.1) is 17.8 Å². The van der Waals surface area contributed by atoms with Crippen LogP contribution in [0.25, 0.3) is 0 Å². The van der Waals surface area contributed by atoms with Crippen LogP contribution in [-0.4, -0.2) is 40.4 Å². The van der Waals surface area contributed by atoms with E-state index in [4.69, 9.17) is 0 Å². The van der Waals surface area contributed by atoms with Gasteiger partial charge < -0.3 is 9.80 Å². The zero-order valence-corrected chi connectivity index (χ0v) is 14.4. The average molecular weight is 358 g/mol. The molecule has 1 amide bonds. The van der Waals surface area contributed by atoms with Crippen molar-refractivity contribution >= 4 is 11.9 Å². The molecule has 4 rings (SSSR count). The Morgan fingerprint density at radius 3 is 2.65 bits per heavy atom. The Morgan fingerprint density at radius 1 is 1.08 bits per heavy atom. The van der Waals surface area contributed by atoms with E-state index in [1.54, 1.807) is 6.07 Å². The first-order valence-electron chi connectivity index (χ1n) is 8.82. The van der Waals surface area contributed by atoms with Crippen LogP contribution in [0.5, 0.6) is 0 Å². The van der Waals surface area contributed by atoms with Crippen LogP contribution in [0.4, 0.5) is 14.7 Å². The third kappa shape index (κ3) is 3.13. The predicted molar refractivity (Wildman–Crippen MR) is 92.3 cm³/mol. The van der Waals surface area contributed by atoms with Crippen LogP contribution in [-0.2, 0) is 11.3 Å². The highest BCUT2D eigenvalue weighted by Crippen LogP contribution is 2.41. The molecular formula is C19H20F2N4O. The third-order valence-electron chi connectivity index (χ3n) is 5.33. The molecule has 2 fully saturated rings. The first-order valence-corrected chi connectivity index (χ1v) is 8.82. The minimum absolute atomic E-state index is 0.105. The summed E-state index contributed by atoms with van der Waals surface area (Å²) in [6.07, 6.45) is 4.75. The lowest BCUT2D eigenvalue weighted by Gasteiger charge is -2.39. The number of hydrogen-bond acceptors (Lipinski definition) is 4. The summed E-state index contributed by atoms with van der Waals surface area (Å²) in [5, 5.41) is 0. The van der Waals surface area contributed by atoms with Crippen LogP contribution < -0.4 is 4.90 Å². The second kappa shape index (κ2) is 6.63. The molecule has 1 aromatic heterocycles. The molecule has 26 heavy (non-hydrogen) atoms. The van der Waals surface area contributed by atoms with E-state index in [9.17, 15) is 13.6 Å². The van der Waals surface area contributed by atoms with Crippen LogP contribution in [0, 0.1) is 17.0 Å². The molecule has 1 spiro atoms. The van der Waals surface area contributed by atoms with E-state index in [-0.39, 0.29) is 11.7 Å². The van der Waals surface area contributed by atoms with E-state index < -0.39 is 11.2 Å². The smallest absolute Gasteiger partial charge is 0.230 e. The molecule has 3 heterocycles. The van der Waals surface area contributed by atoms with Crippen LogP contribution in [0.3, 0.4) is 0 Å². The normalized spacial score (nSPS) is 23.1. The minimum Gasteiger partial charge on any atom is -0.340 e. The van der Waals surface area contributed by atoms with Crippen LogP contribution in [0.2, 0.25) is 0 Å². The van der Waals surface area contributed by atoms with Gasteiger partial charge >= 0.3 is 0 Å². The molecule has 0 bridgehead atoms. The minimum atomic E-state index is -0.473. The number of aromatic nitrogens is 2. The molecule has 1 atom stereocenters. The van der Waals surface area contributed by atoms with E-state index >= 15 is 0 Å². The first kappa shape index (κ1) is 16.9. The molecule has 0 unspecified atom stereocenters. The number of carbonyl (C=O) groups excluding carboxylic acids is 1. The third-order valence-corrected chi connectivity index (χ3v) is 5.33. The van der Waals surface area contributed by atoms with Gasteiger partial charge in [-0.15, -0.1) is 0 Å². The van der Waals surface area contributed by atoms with Crippen LogP contribution in [0.1, 0.15) is 24.8 Å². The summed E-state index contributed by atoms with van der Waals surface area (Å²) < 4.78 is 26.5. The topological polar surface area (TPSA) is 49.3 Å². The second-order valence-electron chi connectivity index (χ2n) is 7.11. The van der Waals surface area contributed by atoms with E-state index in [2.05, 4.69) is 9.97 Å². The highest BCUT2D eigenvalue weighted by atomic mass is 19.1. The number of anilines is 1. The van der Waals surface area contributed by atoms with Crippen LogP contribution >= 0.6 is 0 Å². The lowest BCUT2D eigenvalue weighted by molar-refractivity contribution is -0.137. The molecule has 2 aliphatic heterocycles. The summed E-state index contributed by atoms with van der Waals surface area (Å²) in [4.78, 5) is 25.0. The quantitative estimate of drug-likeness (QED) is 0.847. The molecule has 0 N–H and O–H groups in total. The number of halogens is 2. The standard InChI is InChI=1S/C19H20F2N4O/c20-15-4-1-3-14(9-15)12-24-8-6-19(17(24)26)5-2-7-25(13-19)18-22-10-16(21)11-23-18/h1,3-4,9-11H,2,5-8,12-13H2/t19-/m1/s1. The van der Waals surface area contributed by atoms with Crippen molar-refractivity contribution in [2.75, 3.05) is 24.5 Å². The molecule has 0 saturated carbocycles. The lowest BCUT2D eigenvalue weighted by Crippen LogP contribution is -2.48. The van der Waals surface area contributed by atoms with Gasteiger partial charge in [-0.3, -0.25) is 4.79 Å². The molecular weight excluding hydrogens is 338 g/mol. The van der Waals surface area contributed by atoms with Crippen molar-refractivity contribution in [3.05, 3.63) is 53.9 Å². The number of carbonyl (C=O) groups is 1. The largest absolute Gasteiger partial charge is 0.340 e. The zero-order valence-electron chi connectivity index (χ0n) is 14.4. The number of piperidine rings is 1. The van der Waals surface area contributed by atoms with Gasteiger partial charge in [0.1, 0.15) is 5.82 Å². The van der Waals surface area contributed by atoms with E-state index in [0.29, 0.717) is 25.6 Å². The Bertz CT molecular complexity index is 813. The maximum Gasteiger partial charge on any atom is 0.230 e. The fourth-order valence-corrected chi connectivity index (χ4v) is 4.05. The Labute approximate surface area is 150 Å². The van der Waals surface area contributed by atoms with Gasteiger partial charge in [-0.05, 0) is 37.0 Å². The molecule has 2 saturated heterocycles. The van der Waals surface area contributed by atoms with Crippen molar-refractivity contribution in [3.63, 3.8) is 0 Å². The van der Waals surface area contributed by atoms with E-state index in [0.717, 1.165) is 43.8 Å². The van der Waals surface area contributed by atoms with Crippen molar-refractivity contribution in [2.24, 2.45) is 5.41 Å². The summed E-state index contributed by atoms with van der Waals surface area (Å²) in [5.74, 6) is -0.199. The fraction of sp³-hybridized carbons (Fsp3) is 0.421. The van der Waals surface area contributed by atoms with Gasteiger partial charge in [0, 0.05) is 26.2 Å². The fourth-order valence-electron chi connectivity index (χ4n) is 4.05. The van der Waals surface area contributed by atoms with Crippen molar-refractivity contribution in [2.45, 2.75) is 25.8 Å². The summed E-state index contributed by atoms with van der Waals surface area (Å²) >= 11 is 0.